The maximum absolute atomic E-state index is 11.5. The van der Waals surface area contributed by atoms with E-state index in [4.69, 9.17) is 9.15 Å². The van der Waals surface area contributed by atoms with Gasteiger partial charge in [-0.2, -0.15) is 5.10 Å². The van der Waals surface area contributed by atoms with Crippen LogP contribution in [0.25, 0.3) is 22.6 Å². The number of hydrogen-bond donors (Lipinski definition) is 1. The molecule has 2 aromatic heterocycles. The molecule has 0 aliphatic carbocycles. The van der Waals surface area contributed by atoms with Crippen LogP contribution in [0, 0.1) is 5.92 Å². The highest BCUT2D eigenvalue weighted by Gasteiger charge is 2.22. The first kappa shape index (κ1) is 19.0. The van der Waals surface area contributed by atoms with Gasteiger partial charge in [-0.1, -0.05) is 13.0 Å². The van der Waals surface area contributed by atoms with Gasteiger partial charge < -0.3 is 9.15 Å². The number of hydrazone groups is 1. The number of aromatic nitrogens is 2. The van der Waals surface area contributed by atoms with Gasteiger partial charge in [0.15, 0.2) is 5.58 Å². The van der Waals surface area contributed by atoms with Crippen LogP contribution in [0.5, 0.6) is 5.75 Å². The van der Waals surface area contributed by atoms with Gasteiger partial charge in [0.2, 0.25) is 11.8 Å². The third-order valence-corrected chi connectivity index (χ3v) is 5.20. The average molecular weight is 412 g/mol. The summed E-state index contributed by atoms with van der Waals surface area (Å²) in [6.07, 6.45) is 3.92. The van der Waals surface area contributed by atoms with Crippen LogP contribution >= 0.6 is 0 Å². The van der Waals surface area contributed by atoms with Crippen molar-refractivity contribution in [3.05, 3.63) is 78.1 Å². The van der Waals surface area contributed by atoms with Gasteiger partial charge in [0, 0.05) is 35.9 Å². The first-order valence-corrected chi connectivity index (χ1v) is 10.1. The van der Waals surface area contributed by atoms with Crippen molar-refractivity contribution in [2.45, 2.75) is 20.0 Å². The molecule has 2 aromatic carbocycles. The molecular formula is C24H20N4O3. The van der Waals surface area contributed by atoms with E-state index in [2.05, 4.69) is 20.5 Å². The zero-order chi connectivity index (χ0) is 21.2. The van der Waals surface area contributed by atoms with Crippen LogP contribution in [0.3, 0.4) is 0 Å². The number of benzene rings is 2. The second-order valence-electron chi connectivity index (χ2n) is 7.51. The third-order valence-electron chi connectivity index (χ3n) is 5.20. The molecule has 7 heteroatoms. The van der Waals surface area contributed by atoms with Crippen LogP contribution in [-0.4, -0.2) is 21.6 Å². The van der Waals surface area contributed by atoms with Gasteiger partial charge in [-0.15, -0.1) is 0 Å². The molecular weight excluding hydrogens is 392 g/mol. The number of ether oxygens (including phenoxy) is 1. The van der Waals surface area contributed by atoms with Crippen LogP contribution in [0.4, 0.5) is 0 Å². The van der Waals surface area contributed by atoms with Crippen molar-refractivity contribution in [1.29, 1.82) is 0 Å². The Bertz CT molecular complexity index is 1260. The molecule has 0 bridgehead atoms. The molecule has 1 aliphatic rings. The first-order chi connectivity index (χ1) is 15.2. The summed E-state index contributed by atoms with van der Waals surface area (Å²) in [4.78, 5) is 20.1. The van der Waals surface area contributed by atoms with E-state index >= 15 is 0 Å². The van der Waals surface area contributed by atoms with E-state index in [9.17, 15) is 4.79 Å². The molecule has 1 N–H and O–H groups in total. The maximum atomic E-state index is 11.5. The minimum absolute atomic E-state index is 0.0493. The molecule has 1 unspecified atom stereocenters. The first-order valence-electron chi connectivity index (χ1n) is 10.1. The topological polar surface area (TPSA) is 89.6 Å². The smallest absolute Gasteiger partial charge is 0.240 e. The fraction of sp³-hybridized carbons (Fsp3) is 0.167. The standard InChI is InChI=1S/C24H20N4O3/c1-15-12-22(29)27-28-23(15)18-4-7-20-21(13-18)31-24(26-20)17-2-5-19(6-3-17)30-14-16-8-10-25-11-9-16/h2-11,13,15H,12,14H2,1H3,(H,27,29). The van der Waals surface area contributed by atoms with Crippen molar-refractivity contribution in [3.8, 4) is 17.2 Å². The highest BCUT2D eigenvalue weighted by molar-refractivity contribution is 6.07. The van der Waals surface area contributed by atoms with Crippen LogP contribution in [0.2, 0.25) is 0 Å². The van der Waals surface area contributed by atoms with Gasteiger partial charge in [0.25, 0.3) is 0 Å². The van der Waals surface area contributed by atoms with E-state index in [1.807, 2.05) is 61.5 Å². The lowest BCUT2D eigenvalue weighted by Gasteiger charge is -2.18. The van der Waals surface area contributed by atoms with Gasteiger partial charge in [-0.3, -0.25) is 9.78 Å². The van der Waals surface area contributed by atoms with Crippen molar-refractivity contribution in [2.75, 3.05) is 0 Å². The lowest BCUT2D eigenvalue weighted by Crippen LogP contribution is -2.31. The van der Waals surface area contributed by atoms with Crippen LogP contribution in [0.15, 0.2) is 76.5 Å². The molecule has 0 radical (unpaired) electrons. The van der Waals surface area contributed by atoms with E-state index in [1.165, 1.54) is 0 Å². The zero-order valence-electron chi connectivity index (χ0n) is 16.9. The second-order valence-corrected chi connectivity index (χ2v) is 7.51. The van der Waals surface area contributed by atoms with Crippen molar-refractivity contribution in [1.82, 2.24) is 15.4 Å². The van der Waals surface area contributed by atoms with Crippen LogP contribution < -0.4 is 10.2 Å². The van der Waals surface area contributed by atoms with Crippen LogP contribution in [-0.2, 0) is 11.4 Å². The number of carbonyl (C=O) groups is 1. The number of hydrogen-bond acceptors (Lipinski definition) is 6. The largest absolute Gasteiger partial charge is 0.489 e. The van der Waals surface area contributed by atoms with E-state index < -0.39 is 0 Å². The summed E-state index contributed by atoms with van der Waals surface area (Å²) in [6.45, 7) is 2.47. The van der Waals surface area contributed by atoms with Gasteiger partial charge in [0.1, 0.15) is 17.9 Å². The van der Waals surface area contributed by atoms with Gasteiger partial charge >= 0.3 is 0 Å². The number of carbonyl (C=O) groups excluding carboxylic acids is 1. The van der Waals surface area contributed by atoms with E-state index in [0.29, 0.717) is 24.5 Å². The van der Waals surface area contributed by atoms with Crippen molar-refractivity contribution >= 4 is 22.7 Å². The molecule has 3 heterocycles. The Morgan fingerprint density at radius 3 is 2.61 bits per heavy atom. The second kappa shape index (κ2) is 8.02. The Labute approximate surface area is 178 Å². The summed E-state index contributed by atoms with van der Waals surface area (Å²) in [5.41, 5.74) is 7.69. The highest BCUT2D eigenvalue weighted by Crippen LogP contribution is 2.28. The van der Waals surface area contributed by atoms with Gasteiger partial charge in [0.05, 0.1) is 5.71 Å². The maximum Gasteiger partial charge on any atom is 0.240 e. The van der Waals surface area contributed by atoms with Gasteiger partial charge in [-0.05, 0) is 54.1 Å². The Kier molecular flexibility index (Phi) is 4.92. The van der Waals surface area contributed by atoms with E-state index in [1.54, 1.807) is 12.4 Å². The summed E-state index contributed by atoms with van der Waals surface area (Å²) in [6, 6.07) is 17.3. The lowest BCUT2D eigenvalue weighted by molar-refractivity contribution is -0.121. The zero-order valence-corrected chi connectivity index (χ0v) is 16.9. The molecule has 1 aliphatic heterocycles. The number of nitrogens with one attached hydrogen (secondary N) is 1. The van der Waals surface area contributed by atoms with Crippen LogP contribution in [0.1, 0.15) is 24.5 Å². The third kappa shape index (κ3) is 4.02. The average Bonchev–Trinajstić information content (AvgIpc) is 3.22. The van der Waals surface area contributed by atoms with Crippen molar-refractivity contribution < 1.29 is 13.9 Å². The molecule has 1 amide bonds. The monoisotopic (exact) mass is 412 g/mol. The van der Waals surface area contributed by atoms with Crippen molar-refractivity contribution in [2.24, 2.45) is 11.0 Å². The molecule has 0 spiro atoms. The molecule has 154 valence electrons. The molecule has 7 nitrogen and oxygen atoms in total. The summed E-state index contributed by atoms with van der Waals surface area (Å²) < 4.78 is 11.8. The predicted octanol–water partition coefficient (Wildman–Crippen LogP) is 4.33. The summed E-state index contributed by atoms with van der Waals surface area (Å²) in [5, 5.41) is 4.22. The Balaban J connectivity index is 1.35. The molecule has 5 rings (SSSR count). The highest BCUT2D eigenvalue weighted by atomic mass is 16.5. The Morgan fingerprint density at radius 2 is 1.84 bits per heavy atom. The minimum atomic E-state index is -0.0625. The molecule has 4 aromatic rings. The van der Waals surface area contributed by atoms with Crippen molar-refractivity contribution in [3.63, 3.8) is 0 Å². The number of pyridine rings is 1. The lowest BCUT2D eigenvalue weighted by atomic mass is 9.94. The number of oxazole rings is 1. The summed E-state index contributed by atoms with van der Waals surface area (Å²) in [5.74, 6) is 1.30. The molecule has 0 saturated carbocycles. The van der Waals surface area contributed by atoms with E-state index in [-0.39, 0.29) is 11.8 Å². The van der Waals surface area contributed by atoms with Gasteiger partial charge in [-0.25, -0.2) is 10.4 Å². The molecule has 0 fully saturated rings. The molecule has 1 atom stereocenters. The number of amides is 1. The quantitative estimate of drug-likeness (QED) is 0.527. The number of fused-ring (bicyclic) bond motifs is 1. The Morgan fingerprint density at radius 1 is 1.06 bits per heavy atom. The number of nitrogens with zero attached hydrogens (tertiary/aromatic N) is 3. The van der Waals surface area contributed by atoms with E-state index in [0.717, 1.165) is 33.7 Å². The fourth-order valence-corrected chi connectivity index (χ4v) is 3.55. The number of rotatable bonds is 5. The summed E-state index contributed by atoms with van der Waals surface area (Å²) >= 11 is 0. The minimum Gasteiger partial charge on any atom is -0.489 e. The normalized spacial score (nSPS) is 16.1. The molecule has 31 heavy (non-hydrogen) atoms. The molecule has 0 saturated heterocycles. The fourth-order valence-electron chi connectivity index (χ4n) is 3.55. The SMILES string of the molecule is CC1CC(=O)NN=C1c1ccc2nc(-c3ccc(OCc4ccncc4)cc3)oc2c1. The summed E-state index contributed by atoms with van der Waals surface area (Å²) in [7, 11) is 0. The predicted molar refractivity (Wildman–Crippen MR) is 116 cm³/mol. The Hall–Kier alpha value is -4.00.